The second kappa shape index (κ2) is 14.2. The minimum absolute atomic E-state index is 0.0222. The molecule has 1 aliphatic heterocycles. The molecule has 1 N–H and O–H groups in total. The molecule has 1 unspecified atom stereocenters. The highest BCUT2D eigenvalue weighted by molar-refractivity contribution is 5.75. The van der Waals surface area contributed by atoms with Crippen LogP contribution >= 0.6 is 0 Å². The molecule has 0 bridgehead atoms. The van der Waals surface area contributed by atoms with Gasteiger partial charge in [-0.05, 0) is 67.2 Å². The maximum Gasteiger partial charge on any atom is 0.573 e. The number of anilines is 1. The summed E-state index contributed by atoms with van der Waals surface area (Å²) < 4.78 is 52.8. The number of aromatic nitrogens is 2. The van der Waals surface area contributed by atoms with Gasteiger partial charge in [0.25, 0.3) is 0 Å². The van der Waals surface area contributed by atoms with E-state index in [1.54, 1.807) is 0 Å². The summed E-state index contributed by atoms with van der Waals surface area (Å²) >= 11 is 0. The van der Waals surface area contributed by atoms with Crippen molar-refractivity contribution < 1.29 is 37.3 Å². The number of nitrogens with zero attached hydrogens (tertiary/aromatic N) is 3. The smallest absolute Gasteiger partial charge is 0.507 e. The maximum atomic E-state index is 12.8. The van der Waals surface area contributed by atoms with Crippen molar-refractivity contribution in [3.8, 4) is 22.8 Å². The third kappa shape index (κ3) is 8.95. The van der Waals surface area contributed by atoms with E-state index in [0.717, 1.165) is 49.7 Å². The number of methoxy groups -OCH3 is 1. The number of phenols is 1. The van der Waals surface area contributed by atoms with E-state index in [0.29, 0.717) is 54.5 Å². The van der Waals surface area contributed by atoms with Crippen LogP contribution in [0.4, 0.5) is 19.0 Å². The molecule has 1 fully saturated rings. The van der Waals surface area contributed by atoms with Gasteiger partial charge in [-0.1, -0.05) is 32.1 Å². The van der Waals surface area contributed by atoms with Gasteiger partial charge in [0.05, 0.1) is 13.7 Å². The zero-order valence-electron chi connectivity index (χ0n) is 23.8. The number of phenolic OH excluding ortho intramolecular Hbond substituents is 1. The fraction of sp³-hybridized carbons (Fsp3) is 0.633. The Morgan fingerprint density at radius 3 is 2.63 bits per heavy atom. The second-order valence-corrected chi connectivity index (χ2v) is 11.2. The Morgan fingerprint density at radius 2 is 1.88 bits per heavy atom. The van der Waals surface area contributed by atoms with Gasteiger partial charge in [0.15, 0.2) is 5.82 Å². The summed E-state index contributed by atoms with van der Waals surface area (Å²) in [7, 11) is 3.42. The lowest BCUT2D eigenvalue weighted by atomic mass is 9.77. The molecule has 0 saturated heterocycles. The summed E-state index contributed by atoms with van der Waals surface area (Å²) in [6, 6.07) is 4.14. The molecule has 2 heterocycles. The van der Waals surface area contributed by atoms with Gasteiger partial charge in [0.2, 0.25) is 0 Å². The molecule has 0 radical (unpaired) electrons. The highest BCUT2D eigenvalue weighted by Gasteiger charge is 2.32. The lowest BCUT2D eigenvalue weighted by Gasteiger charge is -2.30. The third-order valence-electron chi connectivity index (χ3n) is 8.12. The summed E-state index contributed by atoms with van der Waals surface area (Å²) in [4.78, 5) is 13.4. The predicted octanol–water partition coefficient (Wildman–Crippen LogP) is 6.58. The lowest BCUT2D eigenvalue weighted by molar-refractivity contribution is -0.274. The molecule has 1 saturated carbocycles. The zero-order valence-corrected chi connectivity index (χ0v) is 23.8. The fourth-order valence-corrected chi connectivity index (χ4v) is 6.01. The minimum atomic E-state index is -4.87. The molecule has 4 rings (SSSR count). The number of aryl methyl sites for hydroxylation is 1. The molecular formula is C30H40F3N3O5. The van der Waals surface area contributed by atoms with E-state index >= 15 is 0 Å². The number of hydrogen-bond donors (Lipinski definition) is 1. The summed E-state index contributed by atoms with van der Waals surface area (Å²) in [6.07, 6.45) is 6.00. The number of esters is 1. The third-order valence-corrected chi connectivity index (χ3v) is 8.12. The number of hydrogen-bond acceptors (Lipinski definition) is 8. The van der Waals surface area contributed by atoms with Crippen LogP contribution < -0.4 is 9.64 Å². The van der Waals surface area contributed by atoms with Crippen molar-refractivity contribution >= 4 is 11.8 Å². The molecule has 8 nitrogen and oxygen atoms in total. The van der Waals surface area contributed by atoms with Gasteiger partial charge < -0.3 is 24.2 Å². The summed E-state index contributed by atoms with van der Waals surface area (Å²) in [5.74, 6) is 1.06. The summed E-state index contributed by atoms with van der Waals surface area (Å²) in [5, 5.41) is 19.6. The van der Waals surface area contributed by atoms with Crippen molar-refractivity contribution in [1.29, 1.82) is 0 Å². The second-order valence-electron chi connectivity index (χ2n) is 11.2. The van der Waals surface area contributed by atoms with Crippen LogP contribution in [0.2, 0.25) is 0 Å². The average molecular weight is 580 g/mol. The van der Waals surface area contributed by atoms with Crippen LogP contribution in [-0.4, -0.2) is 54.9 Å². The molecule has 11 heteroatoms. The Labute approximate surface area is 239 Å². The van der Waals surface area contributed by atoms with E-state index in [2.05, 4.69) is 19.8 Å². The van der Waals surface area contributed by atoms with Gasteiger partial charge in [-0.25, -0.2) is 0 Å². The first-order valence-electron chi connectivity index (χ1n) is 14.5. The molecule has 1 aromatic carbocycles. The van der Waals surface area contributed by atoms with Gasteiger partial charge in [-0.3, -0.25) is 4.79 Å². The molecule has 41 heavy (non-hydrogen) atoms. The Bertz CT molecular complexity index is 1180. The van der Waals surface area contributed by atoms with E-state index in [-0.39, 0.29) is 18.3 Å². The molecule has 2 aliphatic rings. The van der Waals surface area contributed by atoms with E-state index in [9.17, 15) is 23.1 Å². The van der Waals surface area contributed by atoms with Gasteiger partial charge >= 0.3 is 12.3 Å². The van der Waals surface area contributed by atoms with Gasteiger partial charge in [0, 0.05) is 38.2 Å². The molecule has 226 valence electrons. The van der Waals surface area contributed by atoms with Gasteiger partial charge in [-0.15, -0.1) is 23.4 Å². The first-order chi connectivity index (χ1) is 19.6. The van der Waals surface area contributed by atoms with Crippen LogP contribution in [0.1, 0.15) is 75.3 Å². The van der Waals surface area contributed by atoms with Crippen molar-refractivity contribution in [2.45, 2.75) is 83.6 Å². The number of unbranched alkanes of at least 4 members (excludes halogenated alkanes) is 1. The van der Waals surface area contributed by atoms with E-state index in [1.165, 1.54) is 38.9 Å². The van der Waals surface area contributed by atoms with Crippen molar-refractivity contribution in [3.05, 3.63) is 29.3 Å². The van der Waals surface area contributed by atoms with Crippen LogP contribution in [0, 0.1) is 11.8 Å². The summed E-state index contributed by atoms with van der Waals surface area (Å²) in [5.41, 5.74) is 1.98. The zero-order chi connectivity index (χ0) is 29.4. The largest absolute Gasteiger partial charge is 0.573 e. The highest BCUT2D eigenvalue weighted by Crippen LogP contribution is 2.40. The first kappa shape index (κ1) is 30.9. The maximum absolute atomic E-state index is 12.8. The normalized spacial score (nSPS) is 19.2. The van der Waals surface area contributed by atoms with E-state index in [1.807, 2.05) is 13.1 Å². The molecule has 1 aromatic heterocycles. The number of rotatable bonds is 10. The molecule has 0 amide bonds. The molecule has 2 atom stereocenters. The van der Waals surface area contributed by atoms with Crippen LogP contribution in [0.3, 0.4) is 0 Å². The number of alkyl halides is 3. The number of fused-ring (bicyclic) bond motifs is 3. The molecule has 2 aromatic rings. The Balaban J connectivity index is 1.41. The molecule has 1 aliphatic carbocycles. The van der Waals surface area contributed by atoms with Crippen LogP contribution in [0.25, 0.3) is 11.3 Å². The van der Waals surface area contributed by atoms with E-state index < -0.39 is 12.1 Å². The number of ether oxygens (including phenoxy) is 3. The fourth-order valence-electron chi connectivity index (χ4n) is 6.01. The summed E-state index contributed by atoms with van der Waals surface area (Å²) in [6.45, 7) is 1.27. The van der Waals surface area contributed by atoms with Crippen LogP contribution in [-0.2, 0) is 27.3 Å². The van der Waals surface area contributed by atoms with Crippen LogP contribution in [0.5, 0.6) is 11.5 Å². The Hall–Kier alpha value is -3.08. The number of carbonyl (C=O) groups excluding carboxylic acids is 1. The SMILES string of the molecule is COC(=O)CCCCC1CCC[C@@H](CCN(C)c2cc3c(nn2)-c2c(O)cc(OC(F)(F)F)cc2COCCC3)C1. The lowest BCUT2D eigenvalue weighted by Crippen LogP contribution is -2.25. The highest BCUT2D eigenvalue weighted by atomic mass is 19.4. The number of carbonyl (C=O) groups is 1. The van der Waals surface area contributed by atoms with E-state index in [4.69, 9.17) is 9.47 Å². The van der Waals surface area contributed by atoms with Gasteiger partial charge in [0.1, 0.15) is 17.2 Å². The molecular weight excluding hydrogens is 539 g/mol. The Morgan fingerprint density at radius 1 is 1.10 bits per heavy atom. The van der Waals surface area contributed by atoms with Gasteiger partial charge in [-0.2, -0.15) is 0 Å². The predicted molar refractivity (Wildman–Crippen MR) is 148 cm³/mol. The average Bonchev–Trinajstić information content (AvgIpc) is 3.01. The standard InChI is InChI=1S/C30H40F3N3O5/c1-36(13-12-21-9-5-8-20(15-21)7-3-4-11-27(38)39-2)26-17-22-10-6-14-40-19-23-16-24(41-30(31,32)33)18-25(37)28(23)29(22)35-34-26/h16-18,20-21,37H,3-15,19H2,1-2H3/t20?,21-/m0/s1. The monoisotopic (exact) mass is 579 g/mol. The first-order valence-corrected chi connectivity index (χ1v) is 14.5. The number of benzene rings is 1. The Kier molecular flexibility index (Phi) is 10.7. The molecule has 0 spiro atoms. The van der Waals surface area contributed by atoms with Crippen molar-refractivity contribution in [3.63, 3.8) is 0 Å². The van der Waals surface area contributed by atoms with Crippen molar-refractivity contribution in [2.24, 2.45) is 11.8 Å². The van der Waals surface area contributed by atoms with Crippen LogP contribution in [0.15, 0.2) is 18.2 Å². The number of halogens is 3. The van der Waals surface area contributed by atoms with Crippen molar-refractivity contribution in [1.82, 2.24) is 10.2 Å². The quantitative estimate of drug-likeness (QED) is 0.249. The number of aromatic hydroxyl groups is 1. The minimum Gasteiger partial charge on any atom is -0.507 e. The topological polar surface area (TPSA) is 94.0 Å². The van der Waals surface area contributed by atoms with Crippen molar-refractivity contribution in [2.75, 3.05) is 32.2 Å².